The van der Waals surface area contributed by atoms with E-state index < -0.39 is 5.91 Å². The number of carbonyl (C=O) groups excluding carboxylic acids is 1. The smallest absolute Gasteiger partial charge is 0.252 e. The zero-order chi connectivity index (χ0) is 11.3. The van der Waals surface area contributed by atoms with E-state index in [9.17, 15) is 4.79 Å². The van der Waals surface area contributed by atoms with Gasteiger partial charge < -0.3 is 15.6 Å². The first-order valence-corrected chi connectivity index (χ1v) is 4.86. The second-order valence-electron chi connectivity index (χ2n) is 2.93. The quantitative estimate of drug-likeness (QED) is 0.746. The Kier molecular flexibility index (Phi) is 4.39. The van der Waals surface area contributed by atoms with E-state index in [4.69, 9.17) is 27.2 Å². The van der Waals surface area contributed by atoms with E-state index in [1.807, 2.05) is 0 Å². The molecule has 5 heteroatoms. The molecule has 1 rings (SSSR count). The molecule has 82 valence electrons. The summed E-state index contributed by atoms with van der Waals surface area (Å²) >= 11 is 5.75. The molecule has 0 atom stereocenters. The summed E-state index contributed by atoms with van der Waals surface area (Å²) in [6, 6.07) is 4.61. The van der Waals surface area contributed by atoms with E-state index in [2.05, 4.69) is 0 Å². The summed E-state index contributed by atoms with van der Waals surface area (Å²) in [6.45, 7) is 0.351. The van der Waals surface area contributed by atoms with Crippen LogP contribution in [0.1, 0.15) is 16.8 Å². The van der Waals surface area contributed by atoms with Crippen LogP contribution in [0.15, 0.2) is 18.2 Å². The summed E-state index contributed by atoms with van der Waals surface area (Å²) < 4.78 is 5.27. The number of benzene rings is 1. The second kappa shape index (κ2) is 5.58. The summed E-state index contributed by atoms with van der Waals surface area (Å²) in [4.78, 5) is 11.0. The molecule has 0 aliphatic heterocycles. The Hall–Kier alpha value is -1.26. The van der Waals surface area contributed by atoms with Crippen molar-refractivity contribution in [2.24, 2.45) is 5.73 Å². The Morgan fingerprint density at radius 1 is 1.53 bits per heavy atom. The average molecular weight is 230 g/mol. The van der Waals surface area contributed by atoms with E-state index >= 15 is 0 Å². The van der Waals surface area contributed by atoms with Crippen molar-refractivity contribution in [3.8, 4) is 5.75 Å². The van der Waals surface area contributed by atoms with Crippen LogP contribution < -0.4 is 10.5 Å². The number of aliphatic hydroxyl groups is 1. The summed E-state index contributed by atoms with van der Waals surface area (Å²) in [5.74, 6) is -0.214. The average Bonchev–Trinajstić information content (AvgIpc) is 2.18. The number of halogens is 1. The van der Waals surface area contributed by atoms with Gasteiger partial charge in [0, 0.05) is 18.1 Å². The Morgan fingerprint density at radius 2 is 2.27 bits per heavy atom. The Labute approximate surface area is 92.6 Å². The van der Waals surface area contributed by atoms with Gasteiger partial charge in [0.25, 0.3) is 5.91 Å². The second-order valence-corrected chi connectivity index (χ2v) is 3.37. The van der Waals surface area contributed by atoms with Crippen LogP contribution in [-0.2, 0) is 0 Å². The van der Waals surface area contributed by atoms with Crippen LogP contribution in [0.3, 0.4) is 0 Å². The maximum atomic E-state index is 11.0. The molecule has 0 aliphatic carbocycles. The van der Waals surface area contributed by atoms with E-state index in [1.165, 1.54) is 12.1 Å². The fourth-order valence-corrected chi connectivity index (χ4v) is 1.23. The molecule has 0 saturated heterocycles. The monoisotopic (exact) mass is 229 g/mol. The third-order valence-corrected chi connectivity index (χ3v) is 2.00. The minimum absolute atomic E-state index is 0.0342. The van der Waals surface area contributed by atoms with Crippen LogP contribution in [0.4, 0.5) is 0 Å². The van der Waals surface area contributed by atoms with Gasteiger partial charge in [0.2, 0.25) is 0 Å². The molecule has 0 bridgehead atoms. The standard InChI is InChI=1S/C10H12ClNO3/c11-7-2-3-8(10(12)14)9(6-7)15-5-1-4-13/h2-3,6,13H,1,4-5H2,(H2,12,14). The molecule has 4 nitrogen and oxygen atoms in total. The Morgan fingerprint density at radius 3 is 2.87 bits per heavy atom. The number of hydrogen-bond acceptors (Lipinski definition) is 3. The highest BCUT2D eigenvalue weighted by molar-refractivity contribution is 6.30. The molecule has 1 aromatic carbocycles. The van der Waals surface area contributed by atoms with E-state index in [1.54, 1.807) is 6.07 Å². The van der Waals surface area contributed by atoms with Gasteiger partial charge in [-0.3, -0.25) is 4.79 Å². The Balaban J connectivity index is 2.82. The van der Waals surface area contributed by atoms with Gasteiger partial charge in [-0.05, 0) is 18.2 Å². The molecule has 3 N–H and O–H groups in total. The summed E-state index contributed by atoms with van der Waals surface area (Å²) in [7, 11) is 0. The van der Waals surface area contributed by atoms with Crippen molar-refractivity contribution < 1.29 is 14.6 Å². The van der Waals surface area contributed by atoms with E-state index in [0.717, 1.165) is 0 Å². The summed E-state index contributed by atoms with van der Waals surface area (Å²) in [5, 5.41) is 9.05. The highest BCUT2D eigenvalue weighted by Gasteiger charge is 2.09. The first-order valence-electron chi connectivity index (χ1n) is 4.48. The van der Waals surface area contributed by atoms with Crippen molar-refractivity contribution in [2.75, 3.05) is 13.2 Å². The van der Waals surface area contributed by atoms with Gasteiger partial charge in [0.1, 0.15) is 5.75 Å². The van der Waals surface area contributed by atoms with Crippen LogP contribution in [0.5, 0.6) is 5.75 Å². The van der Waals surface area contributed by atoms with E-state index in [0.29, 0.717) is 23.8 Å². The molecular weight excluding hydrogens is 218 g/mol. The first kappa shape index (κ1) is 11.8. The lowest BCUT2D eigenvalue weighted by molar-refractivity contribution is 0.0996. The minimum Gasteiger partial charge on any atom is -0.493 e. The number of nitrogens with two attached hydrogens (primary N) is 1. The van der Waals surface area contributed by atoms with Gasteiger partial charge in [-0.25, -0.2) is 0 Å². The molecule has 0 spiro atoms. The number of amides is 1. The fourth-order valence-electron chi connectivity index (χ4n) is 1.07. The number of primary amides is 1. The van der Waals surface area contributed by atoms with Crippen LogP contribution in [-0.4, -0.2) is 24.2 Å². The third kappa shape index (κ3) is 3.42. The topological polar surface area (TPSA) is 72.6 Å². The van der Waals surface area contributed by atoms with Gasteiger partial charge in [0.05, 0.1) is 12.2 Å². The maximum Gasteiger partial charge on any atom is 0.252 e. The molecule has 0 aromatic heterocycles. The SMILES string of the molecule is NC(=O)c1ccc(Cl)cc1OCCCO. The summed E-state index contributed by atoms with van der Waals surface area (Å²) in [5.41, 5.74) is 5.45. The summed E-state index contributed by atoms with van der Waals surface area (Å²) in [6.07, 6.45) is 0.491. The molecule has 0 radical (unpaired) electrons. The molecule has 0 unspecified atom stereocenters. The van der Waals surface area contributed by atoms with Gasteiger partial charge in [-0.2, -0.15) is 0 Å². The van der Waals surface area contributed by atoms with Gasteiger partial charge in [-0.1, -0.05) is 11.6 Å². The van der Waals surface area contributed by atoms with Gasteiger partial charge >= 0.3 is 0 Å². The molecule has 0 fully saturated rings. The first-order chi connectivity index (χ1) is 7.15. The van der Waals surface area contributed by atoms with Crippen molar-refractivity contribution >= 4 is 17.5 Å². The zero-order valence-corrected chi connectivity index (χ0v) is 8.83. The molecule has 0 aliphatic rings. The highest BCUT2D eigenvalue weighted by Crippen LogP contribution is 2.23. The van der Waals surface area contributed by atoms with Crippen LogP contribution in [0.25, 0.3) is 0 Å². The molecular formula is C10H12ClNO3. The van der Waals surface area contributed by atoms with Crippen LogP contribution >= 0.6 is 11.6 Å². The van der Waals surface area contributed by atoms with Crippen molar-refractivity contribution in [1.29, 1.82) is 0 Å². The fraction of sp³-hybridized carbons (Fsp3) is 0.300. The number of carbonyl (C=O) groups is 1. The lowest BCUT2D eigenvalue weighted by Gasteiger charge is -2.09. The highest BCUT2D eigenvalue weighted by atomic mass is 35.5. The Bertz CT molecular complexity index is 355. The normalized spacial score (nSPS) is 10.0. The van der Waals surface area contributed by atoms with Crippen LogP contribution in [0, 0.1) is 0 Å². The minimum atomic E-state index is -0.564. The van der Waals surface area contributed by atoms with E-state index in [-0.39, 0.29) is 12.2 Å². The van der Waals surface area contributed by atoms with Crippen molar-refractivity contribution in [1.82, 2.24) is 0 Å². The predicted molar refractivity (Wildman–Crippen MR) is 57.2 cm³/mol. The third-order valence-electron chi connectivity index (χ3n) is 1.77. The predicted octanol–water partition coefficient (Wildman–Crippen LogP) is 1.20. The molecule has 0 saturated carbocycles. The number of hydrogen-bond donors (Lipinski definition) is 2. The van der Waals surface area contributed by atoms with Crippen molar-refractivity contribution in [3.63, 3.8) is 0 Å². The maximum absolute atomic E-state index is 11.0. The van der Waals surface area contributed by atoms with Crippen molar-refractivity contribution in [3.05, 3.63) is 28.8 Å². The van der Waals surface area contributed by atoms with Crippen LogP contribution in [0.2, 0.25) is 5.02 Å². The lowest BCUT2D eigenvalue weighted by Crippen LogP contribution is -2.13. The lowest BCUT2D eigenvalue weighted by atomic mass is 10.2. The van der Waals surface area contributed by atoms with Crippen molar-refractivity contribution in [2.45, 2.75) is 6.42 Å². The molecule has 0 heterocycles. The molecule has 1 aromatic rings. The van der Waals surface area contributed by atoms with Gasteiger partial charge in [0.15, 0.2) is 0 Å². The number of rotatable bonds is 5. The number of ether oxygens (including phenoxy) is 1. The molecule has 15 heavy (non-hydrogen) atoms. The van der Waals surface area contributed by atoms with Gasteiger partial charge in [-0.15, -0.1) is 0 Å². The molecule has 1 amide bonds. The number of aliphatic hydroxyl groups excluding tert-OH is 1. The zero-order valence-electron chi connectivity index (χ0n) is 8.07. The largest absolute Gasteiger partial charge is 0.493 e.